The van der Waals surface area contributed by atoms with E-state index in [4.69, 9.17) is 19.9 Å². The quantitative estimate of drug-likeness (QED) is 0.893. The molecule has 0 unspecified atom stereocenters. The molecule has 0 aromatic heterocycles. The molecule has 0 aliphatic heterocycles. The number of methoxy groups -OCH3 is 3. The number of nitrogens with two attached hydrogens (primary N) is 1. The van der Waals surface area contributed by atoms with Crippen LogP contribution in [-0.4, -0.2) is 21.3 Å². The third-order valence-electron chi connectivity index (χ3n) is 3.74. The summed E-state index contributed by atoms with van der Waals surface area (Å²) >= 11 is 0. The van der Waals surface area contributed by atoms with Crippen molar-refractivity contribution < 1.29 is 14.2 Å². The Kier molecular flexibility index (Phi) is 3.66. The lowest BCUT2D eigenvalue weighted by molar-refractivity contribution is 0.321. The maximum Gasteiger partial charge on any atom is 0.203 e. The van der Waals surface area contributed by atoms with Gasteiger partial charge >= 0.3 is 0 Å². The molecule has 1 fully saturated rings. The molecule has 2 N–H and O–H groups in total. The van der Waals surface area contributed by atoms with Crippen LogP contribution in [0.4, 0.5) is 0 Å². The van der Waals surface area contributed by atoms with Crippen molar-refractivity contribution in [2.24, 2.45) is 5.73 Å². The van der Waals surface area contributed by atoms with Gasteiger partial charge in [0, 0.05) is 5.54 Å². The van der Waals surface area contributed by atoms with E-state index in [1.165, 1.54) is 12.8 Å². The van der Waals surface area contributed by atoms with Crippen molar-refractivity contribution in [1.82, 2.24) is 0 Å². The lowest BCUT2D eigenvalue weighted by Gasteiger charge is -2.26. The molecule has 1 aromatic rings. The van der Waals surface area contributed by atoms with Crippen LogP contribution >= 0.6 is 0 Å². The van der Waals surface area contributed by atoms with Crippen molar-refractivity contribution in [3.63, 3.8) is 0 Å². The second kappa shape index (κ2) is 5.06. The van der Waals surface area contributed by atoms with E-state index in [2.05, 4.69) is 0 Å². The lowest BCUT2D eigenvalue weighted by atomic mass is 9.89. The van der Waals surface area contributed by atoms with E-state index in [1.54, 1.807) is 21.3 Å². The summed E-state index contributed by atoms with van der Waals surface area (Å²) in [6.45, 7) is 0. The minimum absolute atomic E-state index is 0.257. The number of hydrogen-bond acceptors (Lipinski definition) is 4. The SMILES string of the molecule is COc1cc(C2(N)CCCC2)cc(OC)c1OC. The van der Waals surface area contributed by atoms with Crippen LogP contribution in [0.2, 0.25) is 0 Å². The maximum atomic E-state index is 6.47. The van der Waals surface area contributed by atoms with Crippen LogP contribution in [0.5, 0.6) is 17.2 Å². The van der Waals surface area contributed by atoms with E-state index in [0.29, 0.717) is 17.2 Å². The second-order valence-electron chi connectivity index (χ2n) is 4.78. The highest BCUT2D eigenvalue weighted by Gasteiger charge is 2.33. The van der Waals surface area contributed by atoms with Gasteiger partial charge in [0.1, 0.15) is 0 Å². The average molecular weight is 251 g/mol. The summed E-state index contributed by atoms with van der Waals surface area (Å²) in [6.07, 6.45) is 4.36. The molecule has 0 radical (unpaired) electrons. The van der Waals surface area contributed by atoms with Gasteiger partial charge in [-0.2, -0.15) is 0 Å². The molecule has 0 saturated heterocycles. The zero-order valence-electron chi connectivity index (χ0n) is 11.3. The Morgan fingerprint density at radius 1 is 0.944 bits per heavy atom. The second-order valence-corrected chi connectivity index (χ2v) is 4.78. The highest BCUT2D eigenvalue weighted by molar-refractivity contribution is 5.55. The summed E-state index contributed by atoms with van der Waals surface area (Å²) in [5.74, 6) is 1.96. The van der Waals surface area contributed by atoms with Gasteiger partial charge in [0.2, 0.25) is 5.75 Å². The average Bonchev–Trinajstić information content (AvgIpc) is 2.85. The molecular weight excluding hydrogens is 230 g/mol. The summed E-state index contributed by atoms with van der Waals surface area (Å²) in [7, 11) is 4.85. The van der Waals surface area contributed by atoms with Gasteiger partial charge in [-0.05, 0) is 30.5 Å². The van der Waals surface area contributed by atoms with Gasteiger partial charge in [-0.1, -0.05) is 12.8 Å². The molecule has 0 amide bonds. The third kappa shape index (κ3) is 2.12. The van der Waals surface area contributed by atoms with Crippen LogP contribution in [0, 0.1) is 0 Å². The van der Waals surface area contributed by atoms with Gasteiger partial charge in [0.25, 0.3) is 0 Å². The maximum absolute atomic E-state index is 6.47. The number of ether oxygens (including phenoxy) is 3. The van der Waals surface area contributed by atoms with Gasteiger partial charge in [-0.15, -0.1) is 0 Å². The van der Waals surface area contributed by atoms with E-state index in [9.17, 15) is 0 Å². The van der Waals surface area contributed by atoms with E-state index in [-0.39, 0.29) is 5.54 Å². The first-order valence-corrected chi connectivity index (χ1v) is 6.24. The van der Waals surface area contributed by atoms with Crippen molar-refractivity contribution in [3.05, 3.63) is 17.7 Å². The molecular formula is C14H21NO3. The third-order valence-corrected chi connectivity index (χ3v) is 3.74. The molecule has 2 rings (SSSR count). The summed E-state index contributed by atoms with van der Waals surface area (Å²) in [5.41, 5.74) is 7.27. The molecule has 18 heavy (non-hydrogen) atoms. The predicted octanol–water partition coefficient (Wildman–Crippen LogP) is 2.44. The van der Waals surface area contributed by atoms with Crippen molar-refractivity contribution in [1.29, 1.82) is 0 Å². The highest BCUT2D eigenvalue weighted by Crippen LogP contribution is 2.44. The van der Waals surface area contributed by atoms with Gasteiger partial charge in [-0.3, -0.25) is 0 Å². The van der Waals surface area contributed by atoms with Gasteiger partial charge in [-0.25, -0.2) is 0 Å². The Morgan fingerprint density at radius 2 is 1.44 bits per heavy atom. The van der Waals surface area contributed by atoms with E-state index in [1.807, 2.05) is 12.1 Å². The van der Waals surface area contributed by atoms with Crippen LogP contribution in [0.15, 0.2) is 12.1 Å². The summed E-state index contributed by atoms with van der Waals surface area (Å²) < 4.78 is 16.0. The number of hydrogen-bond donors (Lipinski definition) is 1. The van der Waals surface area contributed by atoms with Crippen LogP contribution in [-0.2, 0) is 5.54 Å². The summed E-state index contributed by atoms with van der Waals surface area (Å²) in [5, 5.41) is 0. The Balaban J connectivity index is 2.49. The fourth-order valence-corrected chi connectivity index (χ4v) is 2.66. The van der Waals surface area contributed by atoms with Gasteiger partial charge in [0.05, 0.1) is 21.3 Å². The first-order valence-electron chi connectivity index (χ1n) is 6.24. The molecule has 4 nitrogen and oxygen atoms in total. The van der Waals surface area contributed by atoms with Crippen LogP contribution in [0.3, 0.4) is 0 Å². The summed E-state index contributed by atoms with van der Waals surface area (Å²) in [4.78, 5) is 0. The largest absolute Gasteiger partial charge is 0.493 e. The topological polar surface area (TPSA) is 53.7 Å². The Bertz CT molecular complexity index is 400. The molecule has 0 bridgehead atoms. The van der Waals surface area contributed by atoms with E-state index >= 15 is 0 Å². The summed E-state index contributed by atoms with van der Waals surface area (Å²) in [6, 6.07) is 3.93. The van der Waals surface area contributed by atoms with Crippen LogP contribution in [0.1, 0.15) is 31.2 Å². The number of rotatable bonds is 4. The molecule has 0 atom stereocenters. The van der Waals surface area contributed by atoms with E-state index in [0.717, 1.165) is 18.4 Å². The highest BCUT2D eigenvalue weighted by atomic mass is 16.5. The zero-order valence-corrected chi connectivity index (χ0v) is 11.3. The number of benzene rings is 1. The first kappa shape index (κ1) is 13.0. The molecule has 1 aromatic carbocycles. The molecule has 100 valence electrons. The molecule has 0 spiro atoms. The lowest BCUT2D eigenvalue weighted by Crippen LogP contribution is -2.33. The van der Waals surface area contributed by atoms with Crippen LogP contribution < -0.4 is 19.9 Å². The van der Waals surface area contributed by atoms with Gasteiger partial charge in [0.15, 0.2) is 11.5 Å². The predicted molar refractivity (Wildman–Crippen MR) is 70.4 cm³/mol. The van der Waals surface area contributed by atoms with Crippen molar-refractivity contribution in [2.45, 2.75) is 31.2 Å². The van der Waals surface area contributed by atoms with Crippen LogP contribution in [0.25, 0.3) is 0 Å². The fraction of sp³-hybridized carbons (Fsp3) is 0.571. The zero-order chi connectivity index (χ0) is 13.2. The molecule has 1 aliphatic rings. The first-order chi connectivity index (χ1) is 8.64. The van der Waals surface area contributed by atoms with E-state index < -0.39 is 0 Å². The Morgan fingerprint density at radius 3 is 1.83 bits per heavy atom. The van der Waals surface area contributed by atoms with Crippen molar-refractivity contribution in [3.8, 4) is 17.2 Å². The standard InChI is InChI=1S/C14H21NO3/c1-16-11-8-10(14(15)6-4-5-7-14)9-12(17-2)13(11)18-3/h8-9H,4-7,15H2,1-3H3. The minimum Gasteiger partial charge on any atom is -0.493 e. The normalized spacial score (nSPS) is 17.6. The monoisotopic (exact) mass is 251 g/mol. The molecule has 0 heterocycles. The van der Waals surface area contributed by atoms with Crippen molar-refractivity contribution >= 4 is 0 Å². The fourth-order valence-electron chi connectivity index (χ4n) is 2.66. The Hall–Kier alpha value is -1.42. The Labute approximate surface area is 108 Å². The van der Waals surface area contributed by atoms with Crippen molar-refractivity contribution in [2.75, 3.05) is 21.3 Å². The molecule has 1 aliphatic carbocycles. The molecule has 4 heteroatoms. The van der Waals surface area contributed by atoms with Gasteiger partial charge < -0.3 is 19.9 Å². The minimum atomic E-state index is -0.257. The molecule has 1 saturated carbocycles. The smallest absolute Gasteiger partial charge is 0.203 e.